The maximum Gasteiger partial charge on any atom is 0.416 e. The summed E-state index contributed by atoms with van der Waals surface area (Å²) in [7, 11) is 0. The van der Waals surface area contributed by atoms with Gasteiger partial charge in [0.2, 0.25) is 11.9 Å². The van der Waals surface area contributed by atoms with E-state index in [-0.39, 0.29) is 11.9 Å². The summed E-state index contributed by atoms with van der Waals surface area (Å²) >= 11 is 0. The highest BCUT2D eigenvalue weighted by Crippen LogP contribution is 2.29. The Morgan fingerprint density at radius 2 is 1.67 bits per heavy atom. The van der Waals surface area contributed by atoms with Gasteiger partial charge in [-0.15, -0.1) is 0 Å². The van der Waals surface area contributed by atoms with Gasteiger partial charge in [-0.1, -0.05) is 32.6 Å². The highest BCUT2D eigenvalue weighted by Gasteiger charge is 2.29. The molecule has 0 radical (unpaired) electrons. The topological polar surface area (TPSA) is 88.8 Å². The van der Waals surface area contributed by atoms with Crippen LogP contribution in [-0.4, -0.2) is 18.5 Å². The number of hydrogen-bond acceptors (Lipinski definition) is 1. The number of guanidine groups is 2. The van der Waals surface area contributed by atoms with Crippen molar-refractivity contribution < 1.29 is 13.2 Å². The molecule has 0 heterocycles. The molecule has 1 rings (SSSR count). The third-order valence-electron chi connectivity index (χ3n) is 3.26. The van der Waals surface area contributed by atoms with Gasteiger partial charge in [0.05, 0.1) is 5.56 Å². The van der Waals surface area contributed by atoms with Crippen LogP contribution in [0.1, 0.15) is 44.6 Å². The number of alkyl halides is 3. The number of halogens is 3. The van der Waals surface area contributed by atoms with Crippen LogP contribution >= 0.6 is 0 Å². The standard InChI is InChI=1S/C16H24F3N5/c1-2-3-4-5-6-11-22-14(20)24-15(21)23-13-9-7-12(8-10-13)16(17,18)19/h7-10H,2-6,11H2,1H3,(H5,20,21,22,23,24). The Balaban J connectivity index is 2.48. The van der Waals surface area contributed by atoms with Crippen LogP contribution in [0.5, 0.6) is 0 Å². The average Bonchev–Trinajstić information content (AvgIpc) is 2.50. The molecule has 0 amide bonds. The fourth-order valence-electron chi connectivity index (χ4n) is 1.99. The summed E-state index contributed by atoms with van der Waals surface area (Å²) in [5.74, 6) is 0.0180. The van der Waals surface area contributed by atoms with Gasteiger partial charge >= 0.3 is 6.18 Å². The van der Waals surface area contributed by atoms with Gasteiger partial charge in [-0.25, -0.2) is 0 Å². The van der Waals surface area contributed by atoms with E-state index in [0.717, 1.165) is 25.0 Å². The van der Waals surface area contributed by atoms with Gasteiger partial charge in [-0.2, -0.15) is 18.2 Å². The third kappa shape index (κ3) is 7.85. The van der Waals surface area contributed by atoms with Crippen molar-refractivity contribution >= 4 is 17.6 Å². The third-order valence-corrected chi connectivity index (χ3v) is 3.26. The minimum absolute atomic E-state index is 0.0259. The molecule has 0 unspecified atom stereocenters. The lowest BCUT2D eigenvalue weighted by molar-refractivity contribution is -0.137. The van der Waals surface area contributed by atoms with Gasteiger partial charge in [-0.05, 0) is 30.7 Å². The van der Waals surface area contributed by atoms with Crippen LogP contribution in [0, 0.1) is 0 Å². The van der Waals surface area contributed by atoms with Gasteiger partial charge in [0.1, 0.15) is 0 Å². The summed E-state index contributed by atoms with van der Waals surface area (Å²) in [6.07, 6.45) is 1.22. The van der Waals surface area contributed by atoms with E-state index in [2.05, 4.69) is 22.2 Å². The number of nitrogens with two attached hydrogens (primary N) is 2. The van der Waals surface area contributed by atoms with Crippen LogP contribution < -0.4 is 16.8 Å². The fourth-order valence-corrected chi connectivity index (χ4v) is 1.99. The van der Waals surface area contributed by atoms with Crippen LogP contribution in [0.3, 0.4) is 0 Å². The molecule has 0 saturated carbocycles. The van der Waals surface area contributed by atoms with Crippen molar-refractivity contribution in [1.29, 1.82) is 0 Å². The van der Waals surface area contributed by atoms with Crippen molar-refractivity contribution in [2.24, 2.45) is 21.5 Å². The predicted molar refractivity (Wildman–Crippen MR) is 91.9 cm³/mol. The normalized spacial score (nSPS) is 13.2. The fraction of sp³-hybridized carbons (Fsp3) is 0.500. The maximum absolute atomic E-state index is 12.5. The van der Waals surface area contributed by atoms with E-state index in [1.165, 1.54) is 31.4 Å². The monoisotopic (exact) mass is 343 g/mol. The number of hydrogen-bond donors (Lipinski definition) is 3. The first-order valence-corrected chi connectivity index (χ1v) is 7.91. The zero-order valence-corrected chi connectivity index (χ0v) is 13.7. The summed E-state index contributed by atoms with van der Waals surface area (Å²) in [4.78, 5) is 7.95. The van der Waals surface area contributed by atoms with Crippen LogP contribution in [0.2, 0.25) is 0 Å². The Morgan fingerprint density at radius 1 is 1.04 bits per heavy atom. The van der Waals surface area contributed by atoms with Gasteiger partial charge in [0, 0.05) is 12.2 Å². The highest BCUT2D eigenvalue weighted by molar-refractivity contribution is 6.00. The molecule has 0 aliphatic rings. The predicted octanol–water partition coefficient (Wildman–Crippen LogP) is 3.72. The quantitative estimate of drug-likeness (QED) is 0.400. The smallest absolute Gasteiger partial charge is 0.369 e. The SMILES string of the molecule is CCCCCCCN=C(N)N=C(N)Nc1ccc(C(F)(F)F)cc1. The number of nitrogens with one attached hydrogen (secondary N) is 1. The Hall–Kier alpha value is -2.25. The molecule has 1 aromatic rings. The molecule has 0 aliphatic carbocycles. The zero-order valence-electron chi connectivity index (χ0n) is 13.7. The first-order valence-electron chi connectivity index (χ1n) is 7.91. The Labute approximate surface area is 140 Å². The van der Waals surface area contributed by atoms with Crippen molar-refractivity contribution in [3.63, 3.8) is 0 Å². The van der Waals surface area contributed by atoms with Crippen molar-refractivity contribution in [2.45, 2.75) is 45.2 Å². The Morgan fingerprint density at radius 3 is 2.25 bits per heavy atom. The number of unbranched alkanes of at least 4 members (excludes halogenated alkanes) is 4. The number of aliphatic imine (C=N–C) groups is 2. The largest absolute Gasteiger partial charge is 0.416 e. The summed E-state index contributed by atoms with van der Waals surface area (Å²) in [6, 6.07) is 4.46. The van der Waals surface area contributed by atoms with Crippen molar-refractivity contribution in [1.82, 2.24) is 0 Å². The van der Waals surface area contributed by atoms with E-state index < -0.39 is 11.7 Å². The molecule has 5 N–H and O–H groups in total. The number of rotatable bonds is 7. The molecule has 134 valence electrons. The lowest BCUT2D eigenvalue weighted by Crippen LogP contribution is -2.26. The molecule has 24 heavy (non-hydrogen) atoms. The molecule has 0 spiro atoms. The highest BCUT2D eigenvalue weighted by atomic mass is 19.4. The van der Waals surface area contributed by atoms with E-state index in [0.29, 0.717) is 12.2 Å². The van der Waals surface area contributed by atoms with Crippen LogP contribution in [0.4, 0.5) is 18.9 Å². The van der Waals surface area contributed by atoms with Gasteiger partial charge in [0.15, 0.2) is 0 Å². The van der Waals surface area contributed by atoms with E-state index in [9.17, 15) is 13.2 Å². The van der Waals surface area contributed by atoms with Gasteiger partial charge in [-0.3, -0.25) is 4.99 Å². The van der Waals surface area contributed by atoms with E-state index in [4.69, 9.17) is 11.5 Å². The summed E-state index contributed by atoms with van der Waals surface area (Å²) in [5.41, 5.74) is 11.0. The molecule has 0 atom stereocenters. The lowest BCUT2D eigenvalue weighted by atomic mass is 10.2. The van der Waals surface area contributed by atoms with Crippen molar-refractivity contribution in [3.05, 3.63) is 29.8 Å². The summed E-state index contributed by atoms with van der Waals surface area (Å²) in [5, 5.41) is 2.67. The molecular formula is C16H24F3N5. The maximum atomic E-state index is 12.5. The molecular weight excluding hydrogens is 319 g/mol. The summed E-state index contributed by atoms with van der Waals surface area (Å²) < 4.78 is 37.4. The number of anilines is 1. The van der Waals surface area contributed by atoms with Gasteiger partial charge in [0.25, 0.3) is 0 Å². The van der Waals surface area contributed by atoms with Gasteiger partial charge < -0.3 is 16.8 Å². The van der Waals surface area contributed by atoms with Crippen molar-refractivity contribution in [2.75, 3.05) is 11.9 Å². The van der Waals surface area contributed by atoms with E-state index in [1.807, 2.05) is 0 Å². The van der Waals surface area contributed by atoms with E-state index >= 15 is 0 Å². The first kappa shape index (κ1) is 19.8. The Bertz CT molecular complexity index is 550. The van der Waals surface area contributed by atoms with Crippen LogP contribution in [-0.2, 0) is 6.18 Å². The number of benzene rings is 1. The molecule has 0 aliphatic heterocycles. The molecule has 0 bridgehead atoms. The number of nitrogens with zero attached hydrogens (tertiary/aromatic N) is 2. The average molecular weight is 343 g/mol. The molecule has 8 heteroatoms. The minimum Gasteiger partial charge on any atom is -0.369 e. The van der Waals surface area contributed by atoms with Crippen LogP contribution in [0.25, 0.3) is 0 Å². The Kier molecular flexibility index (Phi) is 8.08. The second-order valence-corrected chi connectivity index (χ2v) is 5.35. The second kappa shape index (κ2) is 9.79. The molecule has 0 fully saturated rings. The first-order chi connectivity index (χ1) is 11.3. The molecule has 0 aromatic heterocycles. The lowest BCUT2D eigenvalue weighted by Gasteiger charge is -2.09. The second-order valence-electron chi connectivity index (χ2n) is 5.35. The van der Waals surface area contributed by atoms with Crippen molar-refractivity contribution in [3.8, 4) is 0 Å². The molecule has 0 saturated heterocycles. The zero-order chi connectivity index (χ0) is 18.0. The van der Waals surface area contributed by atoms with E-state index in [1.54, 1.807) is 0 Å². The molecule has 5 nitrogen and oxygen atoms in total. The minimum atomic E-state index is -4.37. The van der Waals surface area contributed by atoms with Crippen LogP contribution in [0.15, 0.2) is 34.3 Å². The molecule has 1 aromatic carbocycles. The summed E-state index contributed by atoms with van der Waals surface area (Å²) in [6.45, 7) is 2.73.